The standard InChI is InChI=1S/C32H29NO3/c1-4-19-32-25(22-16-9-6-10-17-22)24(21-14-7-5-8-15-21)31(3,30(32)36)26-27(32)29(35)33(28(26)34)23-18-12-11-13-20(23)2/h5-18,26-27H,4,19H2,1-3H3. The Morgan fingerprint density at radius 1 is 0.722 bits per heavy atom. The molecule has 3 aliphatic rings. The van der Waals surface area contributed by atoms with E-state index in [0.717, 1.165) is 34.3 Å². The Labute approximate surface area is 211 Å². The van der Waals surface area contributed by atoms with Crippen molar-refractivity contribution in [3.05, 3.63) is 102 Å². The third kappa shape index (κ3) is 2.62. The third-order valence-corrected chi connectivity index (χ3v) is 8.68. The fourth-order valence-electron chi connectivity index (χ4n) is 7.41. The van der Waals surface area contributed by atoms with Gasteiger partial charge in [0.2, 0.25) is 11.8 Å². The first kappa shape index (κ1) is 22.7. The van der Waals surface area contributed by atoms with E-state index in [9.17, 15) is 14.4 Å². The van der Waals surface area contributed by atoms with Crippen molar-refractivity contribution >= 4 is 34.4 Å². The molecule has 6 rings (SSSR count). The maximum atomic E-state index is 14.6. The third-order valence-electron chi connectivity index (χ3n) is 8.68. The topological polar surface area (TPSA) is 54.5 Å². The molecule has 3 aromatic carbocycles. The van der Waals surface area contributed by atoms with Gasteiger partial charge in [0.1, 0.15) is 0 Å². The Kier molecular flexibility index (Phi) is 4.95. The number of allylic oxidation sites excluding steroid dienone is 2. The number of carbonyl (C=O) groups is 3. The maximum Gasteiger partial charge on any atom is 0.239 e. The van der Waals surface area contributed by atoms with Crippen LogP contribution < -0.4 is 4.90 Å². The van der Waals surface area contributed by atoms with Crippen LogP contribution in [-0.4, -0.2) is 17.6 Å². The van der Waals surface area contributed by atoms with E-state index in [1.807, 2.05) is 98.8 Å². The molecule has 0 N–H and O–H groups in total. The number of amides is 2. The van der Waals surface area contributed by atoms with Gasteiger partial charge in [0, 0.05) is 0 Å². The number of ketones is 1. The Morgan fingerprint density at radius 3 is 1.83 bits per heavy atom. The predicted molar refractivity (Wildman–Crippen MR) is 141 cm³/mol. The van der Waals surface area contributed by atoms with Gasteiger partial charge in [-0.05, 0) is 54.2 Å². The smallest absolute Gasteiger partial charge is 0.239 e. The van der Waals surface area contributed by atoms with Gasteiger partial charge in [-0.25, -0.2) is 4.90 Å². The summed E-state index contributed by atoms with van der Waals surface area (Å²) in [7, 11) is 0. The number of rotatable bonds is 5. The molecule has 4 heteroatoms. The summed E-state index contributed by atoms with van der Waals surface area (Å²) >= 11 is 0. The zero-order valence-corrected chi connectivity index (χ0v) is 20.8. The summed E-state index contributed by atoms with van der Waals surface area (Å²) in [6.45, 7) is 5.88. The van der Waals surface area contributed by atoms with E-state index < -0.39 is 22.7 Å². The number of aryl methyl sites for hydroxylation is 1. The molecule has 36 heavy (non-hydrogen) atoms. The van der Waals surface area contributed by atoms with Crippen LogP contribution in [0.15, 0.2) is 84.9 Å². The number of nitrogens with zero attached hydrogens (tertiary/aromatic N) is 1. The SMILES string of the molecule is CCCC12C(=O)C(C)(C(c3ccccc3)=C1c1ccccc1)C1C(=O)N(c3ccccc3C)C(=O)C12. The highest BCUT2D eigenvalue weighted by Crippen LogP contribution is 2.75. The van der Waals surface area contributed by atoms with E-state index in [1.165, 1.54) is 4.90 Å². The van der Waals surface area contributed by atoms with E-state index in [0.29, 0.717) is 12.1 Å². The number of anilines is 1. The van der Waals surface area contributed by atoms with Crippen molar-refractivity contribution < 1.29 is 14.4 Å². The number of Topliss-reactive ketones (excluding diaryl/α,β-unsaturated/α-hetero) is 1. The van der Waals surface area contributed by atoms with Crippen LogP contribution in [-0.2, 0) is 14.4 Å². The molecule has 2 amide bonds. The summed E-state index contributed by atoms with van der Waals surface area (Å²) in [5, 5.41) is 0. The minimum absolute atomic E-state index is 0.0238. The molecule has 3 aromatic rings. The van der Waals surface area contributed by atoms with Gasteiger partial charge in [-0.1, -0.05) is 92.2 Å². The van der Waals surface area contributed by atoms with Crippen molar-refractivity contribution in [3.8, 4) is 0 Å². The maximum absolute atomic E-state index is 14.6. The van der Waals surface area contributed by atoms with Crippen molar-refractivity contribution in [2.24, 2.45) is 22.7 Å². The van der Waals surface area contributed by atoms with Crippen LogP contribution >= 0.6 is 0 Å². The Hall–Kier alpha value is -3.79. The quantitative estimate of drug-likeness (QED) is 0.419. The molecule has 1 saturated heterocycles. The lowest BCUT2D eigenvalue weighted by atomic mass is 9.61. The number of benzene rings is 3. The molecule has 0 spiro atoms. The molecule has 1 heterocycles. The first-order valence-electron chi connectivity index (χ1n) is 12.7. The van der Waals surface area contributed by atoms with Crippen LogP contribution in [0.3, 0.4) is 0 Å². The van der Waals surface area contributed by atoms with Gasteiger partial charge in [-0.15, -0.1) is 0 Å². The number of imide groups is 1. The zero-order valence-electron chi connectivity index (χ0n) is 20.8. The molecule has 2 aliphatic carbocycles. The average molecular weight is 476 g/mol. The lowest BCUT2D eigenvalue weighted by Crippen LogP contribution is -2.41. The van der Waals surface area contributed by atoms with Crippen LogP contribution in [0.2, 0.25) is 0 Å². The highest BCUT2D eigenvalue weighted by Gasteiger charge is 2.80. The molecule has 1 aliphatic heterocycles. The van der Waals surface area contributed by atoms with Crippen LogP contribution in [0.4, 0.5) is 5.69 Å². The van der Waals surface area contributed by atoms with Gasteiger partial charge in [-0.3, -0.25) is 14.4 Å². The highest BCUT2D eigenvalue weighted by atomic mass is 16.2. The van der Waals surface area contributed by atoms with E-state index in [1.54, 1.807) is 0 Å². The van der Waals surface area contributed by atoms with Crippen molar-refractivity contribution in [2.45, 2.75) is 33.6 Å². The second-order valence-electron chi connectivity index (χ2n) is 10.5. The van der Waals surface area contributed by atoms with Crippen molar-refractivity contribution in [3.63, 3.8) is 0 Å². The van der Waals surface area contributed by atoms with Crippen molar-refractivity contribution in [2.75, 3.05) is 4.90 Å². The fourth-order valence-corrected chi connectivity index (χ4v) is 7.41. The number of hydrogen-bond donors (Lipinski definition) is 0. The molecule has 2 bridgehead atoms. The Morgan fingerprint density at radius 2 is 1.25 bits per heavy atom. The van der Waals surface area contributed by atoms with Crippen molar-refractivity contribution in [1.82, 2.24) is 0 Å². The summed E-state index contributed by atoms with van der Waals surface area (Å²) in [6, 6.07) is 27.4. The molecule has 1 saturated carbocycles. The summed E-state index contributed by atoms with van der Waals surface area (Å²) in [5.41, 5.74) is 3.09. The molecule has 180 valence electrons. The molecule has 2 fully saturated rings. The minimum atomic E-state index is -1.09. The van der Waals surface area contributed by atoms with E-state index in [4.69, 9.17) is 0 Å². The van der Waals surface area contributed by atoms with Gasteiger partial charge >= 0.3 is 0 Å². The van der Waals surface area contributed by atoms with Crippen LogP contribution in [0, 0.1) is 29.6 Å². The number of hydrogen-bond acceptors (Lipinski definition) is 3. The van der Waals surface area contributed by atoms with Crippen LogP contribution in [0.5, 0.6) is 0 Å². The summed E-state index contributed by atoms with van der Waals surface area (Å²) in [5.74, 6) is -1.90. The van der Waals surface area contributed by atoms with Gasteiger partial charge in [0.05, 0.1) is 28.4 Å². The normalized spacial score (nSPS) is 28.9. The molecular weight excluding hydrogens is 446 g/mol. The summed E-state index contributed by atoms with van der Waals surface area (Å²) in [6.07, 6.45) is 1.26. The lowest BCUT2D eigenvalue weighted by molar-refractivity contribution is -0.134. The molecular formula is C32H29NO3. The fraction of sp³-hybridized carbons (Fsp3) is 0.281. The first-order valence-corrected chi connectivity index (χ1v) is 12.7. The number of para-hydroxylation sites is 1. The second kappa shape index (κ2) is 7.86. The van der Waals surface area contributed by atoms with Crippen molar-refractivity contribution in [1.29, 1.82) is 0 Å². The van der Waals surface area contributed by atoms with Crippen LogP contribution in [0.25, 0.3) is 11.1 Å². The molecule has 0 radical (unpaired) electrons. The first-order chi connectivity index (χ1) is 17.4. The van der Waals surface area contributed by atoms with E-state index in [-0.39, 0.29) is 17.6 Å². The van der Waals surface area contributed by atoms with Gasteiger partial charge < -0.3 is 0 Å². The molecule has 4 nitrogen and oxygen atoms in total. The average Bonchev–Trinajstić information content (AvgIpc) is 3.35. The Bertz CT molecular complexity index is 1440. The molecule has 4 atom stereocenters. The zero-order chi connectivity index (χ0) is 25.2. The van der Waals surface area contributed by atoms with E-state index >= 15 is 0 Å². The Balaban J connectivity index is 1.67. The lowest BCUT2D eigenvalue weighted by Gasteiger charge is -2.37. The number of carbonyl (C=O) groups excluding carboxylic acids is 3. The van der Waals surface area contributed by atoms with E-state index in [2.05, 4.69) is 6.92 Å². The monoisotopic (exact) mass is 475 g/mol. The summed E-state index contributed by atoms with van der Waals surface area (Å²) in [4.78, 5) is 44.4. The number of fused-ring (bicyclic) bond motifs is 5. The van der Waals surface area contributed by atoms with Gasteiger partial charge in [-0.2, -0.15) is 0 Å². The minimum Gasteiger partial charge on any atom is -0.298 e. The largest absolute Gasteiger partial charge is 0.298 e. The molecule has 0 aromatic heterocycles. The van der Waals surface area contributed by atoms with Gasteiger partial charge in [0.15, 0.2) is 5.78 Å². The van der Waals surface area contributed by atoms with Gasteiger partial charge in [0.25, 0.3) is 0 Å². The second-order valence-corrected chi connectivity index (χ2v) is 10.5. The molecule has 4 unspecified atom stereocenters. The van der Waals surface area contributed by atoms with Crippen LogP contribution in [0.1, 0.15) is 43.4 Å². The predicted octanol–water partition coefficient (Wildman–Crippen LogP) is 6.10. The summed E-state index contributed by atoms with van der Waals surface area (Å²) < 4.78 is 0. The highest BCUT2D eigenvalue weighted by molar-refractivity contribution is 6.34.